The van der Waals surface area contributed by atoms with Crippen LogP contribution in [0.1, 0.15) is 19.3 Å². The molecule has 2 bridgehead atoms. The van der Waals surface area contributed by atoms with E-state index in [1.54, 1.807) is 0 Å². The second-order valence-electron chi connectivity index (χ2n) is 4.44. The summed E-state index contributed by atoms with van der Waals surface area (Å²) >= 11 is 0. The molecule has 2 heteroatoms. The minimum absolute atomic E-state index is 0.311. The minimum atomic E-state index is 0.311. The van der Waals surface area contributed by atoms with Gasteiger partial charge in [0.1, 0.15) is 0 Å². The van der Waals surface area contributed by atoms with Crippen molar-refractivity contribution in [2.24, 2.45) is 0 Å². The zero-order chi connectivity index (χ0) is 10.3. The fraction of sp³-hybridized carbons (Fsp3) is 0.385. The molecule has 3 rings (SSSR count). The number of hydrogen-bond acceptors (Lipinski definition) is 2. The van der Waals surface area contributed by atoms with Gasteiger partial charge in [0.2, 0.25) is 0 Å². The average Bonchev–Trinajstić information content (AvgIpc) is 2.82. The Labute approximate surface area is 91.1 Å². The van der Waals surface area contributed by atoms with Gasteiger partial charge in [-0.3, -0.25) is 4.79 Å². The van der Waals surface area contributed by atoms with E-state index in [4.69, 9.17) is 0 Å². The second-order valence-corrected chi connectivity index (χ2v) is 4.44. The van der Waals surface area contributed by atoms with Gasteiger partial charge in [-0.2, -0.15) is 0 Å². The van der Waals surface area contributed by atoms with Crippen LogP contribution >= 0.6 is 0 Å². The van der Waals surface area contributed by atoms with Crippen molar-refractivity contribution < 1.29 is 4.79 Å². The van der Waals surface area contributed by atoms with Crippen LogP contribution in [0.25, 0.3) is 0 Å². The van der Waals surface area contributed by atoms with Crippen LogP contribution in [0.3, 0.4) is 0 Å². The maximum absolute atomic E-state index is 11.9. The molecule has 5 radical (unpaired) electrons. The first kappa shape index (κ1) is 9.59. The molecule has 2 heterocycles. The van der Waals surface area contributed by atoms with Gasteiger partial charge in [-0.25, -0.2) is 0 Å². The largest absolute Gasteiger partial charge is 0.307 e. The number of rotatable bonds is 1. The smallest absolute Gasteiger partial charge is 0.161 e. The highest BCUT2D eigenvalue weighted by molar-refractivity contribution is 5.98. The van der Waals surface area contributed by atoms with Crippen molar-refractivity contribution in [3.05, 3.63) is 43.3 Å². The SMILES string of the molecule is O=C1CC2CCC(N2)/C1=C\[C]1[CH][CH][CH][CH]1. The molecule has 1 saturated carbocycles. The minimum Gasteiger partial charge on any atom is -0.307 e. The molecule has 2 unspecified atom stereocenters. The van der Waals surface area contributed by atoms with Gasteiger partial charge in [0, 0.05) is 30.0 Å². The van der Waals surface area contributed by atoms with Crippen molar-refractivity contribution in [1.82, 2.24) is 5.32 Å². The predicted octanol–water partition coefficient (Wildman–Crippen LogP) is 1.41. The van der Waals surface area contributed by atoms with Gasteiger partial charge in [0.25, 0.3) is 0 Å². The first-order chi connectivity index (χ1) is 7.33. The van der Waals surface area contributed by atoms with E-state index >= 15 is 0 Å². The molecule has 3 aliphatic rings. The number of piperidine rings is 1. The van der Waals surface area contributed by atoms with Crippen LogP contribution in [0.5, 0.6) is 0 Å². The second kappa shape index (κ2) is 3.75. The van der Waals surface area contributed by atoms with Crippen LogP contribution < -0.4 is 5.32 Å². The van der Waals surface area contributed by atoms with Crippen LogP contribution in [0.15, 0.2) is 11.6 Å². The average molecular weight is 200 g/mol. The van der Waals surface area contributed by atoms with Gasteiger partial charge >= 0.3 is 0 Å². The van der Waals surface area contributed by atoms with Crippen LogP contribution in [0.4, 0.5) is 0 Å². The molecule has 0 spiro atoms. The lowest BCUT2D eigenvalue weighted by Gasteiger charge is -2.23. The van der Waals surface area contributed by atoms with E-state index in [-0.39, 0.29) is 0 Å². The fourth-order valence-electron chi connectivity index (χ4n) is 2.61. The van der Waals surface area contributed by atoms with E-state index in [2.05, 4.69) is 5.32 Å². The van der Waals surface area contributed by atoms with Crippen molar-refractivity contribution in [3.63, 3.8) is 0 Å². The molecule has 15 heavy (non-hydrogen) atoms. The van der Waals surface area contributed by atoms with Crippen molar-refractivity contribution in [1.29, 1.82) is 0 Å². The third kappa shape index (κ3) is 1.76. The molecule has 3 fully saturated rings. The van der Waals surface area contributed by atoms with E-state index in [1.807, 2.05) is 31.8 Å². The molecule has 2 atom stereocenters. The summed E-state index contributed by atoms with van der Waals surface area (Å²) in [5.41, 5.74) is 0.981. The number of hydrogen-bond donors (Lipinski definition) is 1. The first-order valence-electron chi connectivity index (χ1n) is 5.55. The van der Waals surface area contributed by atoms with E-state index in [0.29, 0.717) is 24.3 Å². The number of Topliss-reactive ketones (excluding diaryl/α,β-unsaturated/α-hetero) is 1. The summed E-state index contributed by atoms with van der Waals surface area (Å²) in [4.78, 5) is 11.9. The summed E-state index contributed by atoms with van der Waals surface area (Å²) in [6.45, 7) is 0. The molecule has 2 aliphatic heterocycles. The fourth-order valence-corrected chi connectivity index (χ4v) is 2.61. The summed E-state index contributed by atoms with van der Waals surface area (Å²) < 4.78 is 0. The summed E-state index contributed by atoms with van der Waals surface area (Å²) in [7, 11) is 0. The highest BCUT2D eigenvalue weighted by Crippen LogP contribution is 2.32. The lowest BCUT2D eigenvalue weighted by molar-refractivity contribution is -0.116. The molecule has 0 aromatic heterocycles. The molecule has 0 aromatic rings. The molecule has 0 aromatic carbocycles. The highest BCUT2D eigenvalue weighted by Gasteiger charge is 2.36. The summed E-state index contributed by atoms with van der Waals surface area (Å²) in [5, 5.41) is 3.49. The van der Waals surface area contributed by atoms with Crippen molar-refractivity contribution in [2.45, 2.75) is 31.3 Å². The normalized spacial score (nSPS) is 39.2. The molecule has 1 N–H and O–H groups in total. The number of ketones is 1. The Morgan fingerprint density at radius 1 is 1.27 bits per heavy atom. The van der Waals surface area contributed by atoms with E-state index < -0.39 is 0 Å². The zero-order valence-electron chi connectivity index (χ0n) is 8.57. The number of nitrogens with one attached hydrogen (secondary N) is 1. The predicted molar refractivity (Wildman–Crippen MR) is 58.1 cm³/mol. The third-order valence-electron chi connectivity index (χ3n) is 3.38. The van der Waals surface area contributed by atoms with Crippen molar-refractivity contribution >= 4 is 5.78 Å². The molecular formula is C13H14NO. The standard InChI is InChI=1S/C13H14NO/c15-13-8-10-5-6-12(14-10)11(13)7-9-3-1-2-4-9/h1-4,7,10,12,14H,5-6,8H2/b11-7+. The Balaban J connectivity index is 1.80. The number of carbonyl (C=O) groups excluding carboxylic acids is 1. The van der Waals surface area contributed by atoms with Crippen LogP contribution in [-0.4, -0.2) is 17.9 Å². The third-order valence-corrected chi connectivity index (χ3v) is 3.38. The van der Waals surface area contributed by atoms with Crippen LogP contribution in [-0.2, 0) is 4.79 Å². The molecule has 2 nitrogen and oxygen atoms in total. The topological polar surface area (TPSA) is 29.1 Å². The van der Waals surface area contributed by atoms with E-state index in [1.165, 1.54) is 0 Å². The summed E-state index contributed by atoms with van der Waals surface area (Å²) in [6.07, 6.45) is 13.1. The molecule has 0 amide bonds. The van der Waals surface area contributed by atoms with Crippen LogP contribution in [0, 0.1) is 31.6 Å². The van der Waals surface area contributed by atoms with Gasteiger partial charge < -0.3 is 5.32 Å². The quantitative estimate of drug-likeness (QED) is 0.648. The Morgan fingerprint density at radius 2 is 2.07 bits per heavy atom. The van der Waals surface area contributed by atoms with Gasteiger partial charge in [-0.1, -0.05) is 6.08 Å². The van der Waals surface area contributed by atoms with Gasteiger partial charge in [0.15, 0.2) is 5.78 Å². The molecular weight excluding hydrogens is 186 g/mol. The molecule has 2 saturated heterocycles. The number of allylic oxidation sites excluding steroid dienone is 1. The summed E-state index contributed by atoms with van der Waals surface area (Å²) in [5.74, 6) is 1.48. The maximum atomic E-state index is 11.9. The van der Waals surface area contributed by atoms with Gasteiger partial charge in [-0.05, 0) is 38.5 Å². The Hall–Kier alpha value is -0.630. The van der Waals surface area contributed by atoms with E-state index in [0.717, 1.165) is 24.3 Å². The first-order valence-corrected chi connectivity index (χ1v) is 5.55. The van der Waals surface area contributed by atoms with Crippen LogP contribution in [0.2, 0.25) is 0 Å². The zero-order valence-corrected chi connectivity index (χ0v) is 8.57. The number of fused-ring (bicyclic) bond motifs is 2. The lowest BCUT2D eigenvalue weighted by atomic mass is 9.93. The number of carbonyl (C=O) groups is 1. The highest BCUT2D eigenvalue weighted by atomic mass is 16.1. The maximum Gasteiger partial charge on any atom is 0.161 e. The molecule has 77 valence electrons. The van der Waals surface area contributed by atoms with Crippen molar-refractivity contribution in [3.8, 4) is 0 Å². The van der Waals surface area contributed by atoms with E-state index in [9.17, 15) is 4.79 Å². The Bertz CT molecular complexity index is 302. The van der Waals surface area contributed by atoms with Gasteiger partial charge in [-0.15, -0.1) is 0 Å². The summed E-state index contributed by atoms with van der Waals surface area (Å²) in [6, 6.07) is 0.755. The van der Waals surface area contributed by atoms with Crippen molar-refractivity contribution in [2.75, 3.05) is 0 Å². The Morgan fingerprint density at radius 3 is 2.87 bits per heavy atom. The molecule has 1 aliphatic carbocycles. The monoisotopic (exact) mass is 200 g/mol. The Kier molecular flexibility index (Phi) is 2.39. The lowest BCUT2D eigenvalue weighted by Crippen LogP contribution is -2.40. The van der Waals surface area contributed by atoms with Gasteiger partial charge in [0.05, 0.1) is 0 Å².